The van der Waals surface area contributed by atoms with Crippen molar-refractivity contribution in [3.8, 4) is 0 Å². The molecule has 6 heteroatoms. The van der Waals surface area contributed by atoms with E-state index < -0.39 is 0 Å². The molecule has 0 aliphatic carbocycles. The molecule has 0 aliphatic rings. The molecule has 2 N–H and O–H groups in total. The van der Waals surface area contributed by atoms with Crippen molar-refractivity contribution in [2.24, 2.45) is 0 Å². The van der Waals surface area contributed by atoms with Gasteiger partial charge in [-0.3, -0.25) is 4.79 Å². The highest BCUT2D eigenvalue weighted by molar-refractivity contribution is 7.14. The van der Waals surface area contributed by atoms with E-state index in [2.05, 4.69) is 10.6 Å². The highest BCUT2D eigenvalue weighted by Crippen LogP contribution is 2.17. The number of urea groups is 1. The third-order valence-corrected chi connectivity index (χ3v) is 4.28. The van der Waals surface area contributed by atoms with Gasteiger partial charge in [0.15, 0.2) is 5.78 Å². The van der Waals surface area contributed by atoms with Crippen LogP contribution in [0.1, 0.15) is 27.0 Å². The zero-order chi connectivity index (χ0) is 15.9. The van der Waals surface area contributed by atoms with Crippen molar-refractivity contribution in [2.75, 3.05) is 6.54 Å². The summed E-state index contributed by atoms with van der Waals surface area (Å²) in [5, 5.41) is 5.45. The largest absolute Gasteiger partial charge is 0.338 e. The normalized spacial score (nSPS) is 10.3. The van der Waals surface area contributed by atoms with Gasteiger partial charge in [-0.1, -0.05) is 12.1 Å². The molecule has 0 saturated heterocycles. The topological polar surface area (TPSA) is 58.2 Å². The molecule has 2 rings (SSSR count). The first-order valence-electron chi connectivity index (χ1n) is 6.90. The van der Waals surface area contributed by atoms with Crippen LogP contribution in [-0.4, -0.2) is 18.4 Å². The fourth-order valence-corrected chi connectivity index (χ4v) is 2.75. The maximum atomic E-state index is 12.7. The quantitative estimate of drug-likeness (QED) is 0.803. The van der Waals surface area contributed by atoms with E-state index in [1.54, 1.807) is 18.2 Å². The van der Waals surface area contributed by atoms with Crippen LogP contribution in [0.25, 0.3) is 0 Å². The second-order valence-corrected chi connectivity index (χ2v) is 5.98. The fraction of sp³-hybridized carbons (Fsp3) is 0.250. The lowest BCUT2D eigenvalue weighted by Crippen LogP contribution is -2.36. The van der Waals surface area contributed by atoms with Crippen molar-refractivity contribution in [2.45, 2.75) is 19.9 Å². The Balaban J connectivity index is 1.69. The molecule has 116 valence electrons. The summed E-state index contributed by atoms with van der Waals surface area (Å²) in [5.74, 6) is -0.240. The number of halogens is 1. The van der Waals surface area contributed by atoms with Crippen molar-refractivity contribution < 1.29 is 14.0 Å². The second-order valence-electron chi connectivity index (χ2n) is 4.81. The molecule has 0 radical (unpaired) electrons. The summed E-state index contributed by atoms with van der Waals surface area (Å²) in [6, 6.07) is 9.41. The monoisotopic (exact) mass is 320 g/mol. The average Bonchev–Trinajstić information content (AvgIpc) is 2.96. The number of carbonyl (C=O) groups is 2. The molecule has 1 heterocycles. The lowest BCUT2D eigenvalue weighted by molar-refractivity contribution is 0.102. The van der Waals surface area contributed by atoms with Crippen LogP contribution in [0.4, 0.5) is 9.18 Å². The smallest absolute Gasteiger partial charge is 0.315 e. The number of hydrogen-bond acceptors (Lipinski definition) is 3. The summed E-state index contributed by atoms with van der Waals surface area (Å²) < 4.78 is 12.7. The Bertz CT molecular complexity index is 652. The van der Waals surface area contributed by atoms with E-state index in [4.69, 9.17) is 0 Å². The van der Waals surface area contributed by atoms with Crippen molar-refractivity contribution in [1.82, 2.24) is 10.6 Å². The molecule has 0 aliphatic heterocycles. The Labute approximate surface area is 132 Å². The number of ketones is 1. The van der Waals surface area contributed by atoms with Crippen LogP contribution in [0.5, 0.6) is 0 Å². The Morgan fingerprint density at radius 2 is 1.82 bits per heavy atom. The molecule has 0 saturated carbocycles. The maximum absolute atomic E-state index is 12.7. The third-order valence-electron chi connectivity index (χ3n) is 3.03. The predicted octanol–water partition coefficient (Wildman–Crippen LogP) is 3.13. The van der Waals surface area contributed by atoms with Crippen molar-refractivity contribution in [1.29, 1.82) is 0 Å². The molecule has 0 bridgehead atoms. The summed E-state index contributed by atoms with van der Waals surface area (Å²) in [5.41, 5.74) is 0.834. The van der Waals surface area contributed by atoms with Crippen LogP contribution >= 0.6 is 11.3 Å². The molecule has 2 aromatic rings. The van der Waals surface area contributed by atoms with Crippen LogP contribution in [0.2, 0.25) is 0 Å². The predicted molar refractivity (Wildman–Crippen MR) is 84.7 cm³/mol. The number of nitrogens with one attached hydrogen (secondary N) is 2. The van der Waals surface area contributed by atoms with Gasteiger partial charge in [0.05, 0.1) is 4.88 Å². The SMILES string of the molecule is CC(=O)c1ccc(CCNC(=O)NCc2ccc(F)cc2)s1. The van der Waals surface area contributed by atoms with Crippen LogP contribution in [0, 0.1) is 5.82 Å². The molecule has 0 fully saturated rings. The molecule has 0 unspecified atom stereocenters. The molecular weight excluding hydrogens is 303 g/mol. The molecule has 1 aromatic heterocycles. The van der Waals surface area contributed by atoms with Crippen LogP contribution < -0.4 is 10.6 Å². The molecule has 4 nitrogen and oxygen atoms in total. The first-order valence-corrected chi connectivity index (χ1v) is 7.72. The first-order chi connectivity index (χ1) is 10.5. The van der Waals surface area contributed by atoms with Crippen LogP contribution in [0.15, 0.2) is 36.4 Å². The number of thiophene rings is 1. The zero-order valence-electron chi connectivity index (χ0n) is 12.2. The first kappa shape index (κ1) is 16.2. The van der Waals surface area contributed by atoms with Gasteiger partial charge in [-0.15, -0.1) is 11.3 Å². The van der Waals surface area contributed by atoms with E-state index in [-0.39, 0.29) is 17.6 Å². The molecule has 2 amide bonds. The summed E-state index contributed by atoms with van der Waals surface area (Å²) in [7, 11) is 0. The van der Waals surface area contributed by atoms with E-state index >= 15 is 0 Å². The van der Waals surface area contributed by atoms with Gasteiger partial charge < -0.3 is 10.6 Å². The molecule has 1 aromatic carbocycles. The summed E-state index contributed by atoms with van der Waals surface area (Å²) in [6.45, 7) is 2.38. The lowest BCUT2D eigenvalue weighted by atomic mass is 10.2. The van der Waals surface area contributed by atoms with Gasteiger partial charge in [-0.2, -0.15) is 0 Å². The van der Waals surface area contributed by atoms with Crippen LogP contribution in [0.3, 0.4) is 0 Å². The van der Waals surface area contributed by atoms with E-state index in [1.807, 2.05) is 6.07 Å². The van der Waals surface area contributed by atoms with E-state index in [9.17, 15) is 14.0 Å². The molecule has 0 spiro atoms. The van der Waals surface area contributed by atoms with E-state index in [1.165, 1.54) is 30.4 Å². The van der Waals surface area contributed by atoms with Gasteiger partial charge >= 0.3 is 6.03 Å². The number of benzene rings is 1. The minimum Gasteiger partial charge on any atom is -0.338 e. The summed E-state index contributed by atoms with van der Waals surface area (Å²) in [4.78, 5) is 24.6. The van der Waals surface area contributed by atoms with Crippen molar-refractivity contribution in [3.63, 3.8) is 0 Å². The highest BCUT2D eigenvalue weighted by Gasteiger charge is 2.05. The van der Waals surface area contributed by atoms with Gasteiger partial charge in [-0.25, -0.2) is 9.18 Å². The maximum Gasteiger partial charge on any atom is 0.315 e. The number of carbonyl (C=O) groups excluding carboxylic acids is 2. The minimum absolute atomic E-state index is 0.0567. The molecular formula is C16H17FN2O2S. The standard InChI is InChI=1S/C16H17FN2O2S/c1-11(20)15-7-6-14(22-15)8-9-18-16(21)19-10-12-2-4-13(17)5-3-12/h2-7H,8-10H2,1H3,(H2,18,19,21). The van der Waals surface area contributed by atoms with Gasteiger partial charge in [0.1, 0.15) is 5.82 Å². The fourth-order valence-electron chi connectivity index (χ4n) is 1.85. The number of rotatable bonds is 6. The van der Waals surface area contributed by atoms with E-state index in [0.717, 1.165) is 15.3 Å². The minimum atomic E-state index is -0.297. The van der Waals surface area contributed by atoms with Gasteiger partial charge in [0, 0.05) is 18.0 Å². The van der Waals surface area contributed by atoms with Crippen molar-refractivity contribution >= 4 is 23.2 Å². The summed E-state index contributed by atoms with van der Waals surface area (Å²) >= 11 is 1.45. The van der Waals surface area contributed by atoms with Gasteiger partial charge in [0.25, 0.3) is 0 Å². The Kier molecular flexibility index (Phi) is 5.66. The third kappa shape index (κ3) is 4.96. The van der Waals surface area contributed by atoms with Gasteiger partial charge in [0.2, 0.25) is 0 Å². The molecule has 0 atom stereocenters. The zero-order valence-corrected chi connectivity index (χ0v) is 13.0. The second kappa shape index (κ2) is 7.70. The number of hydrogen-bond donors (Lipinski definition) is 2. The van der Waals surface area contributed by atoms with Gasteiger partial charge in [-0.05, 0) is 43.2 Å². The van der Waals surface area contributed by atoms with Crippen LogP contribution in [-0.2, 0) is 13.0 Å². The average molecular weight is 320 g/mol. The van der Waals surface area contributed by atoms with E-state index in [0.29, 0.717) is 19.5 Å². The number of Topliss-reactive ketones (excluding diaryl/α,β-unsaturated/α-hetero) is 1. The Morgan fingerprint density at radius 3 is 2.45 bits per heavy atom. The number of amides is 2. The Morgan fingerprint density at radius 1 is 1.09 bits per heavy atom. The molecule has 22 heavy (non-hydrogen) atoms. The summed E-state index contributed by atoms with van der Waals surface area (Å²) in [6.07, 6.45) is 0.682. The highest BCUT2D eigenvalue weighted by atomic mass is 32.1. The lowest BCUT2D eigenvalue weighted by Gasteiger charge is -2.07. The van der Waals surface area contributed by atoms with Crippen molar-refractivity contribution in [3.05, 3.63) is 57.5 Å². The Hall–Kier alpha value is -2.21.